The summed E-state index contributed by atoms with van der Waals surface area (Å²) >= 11 is 0. The Labute approximate surface area is 354 Å². The molecule has 1 atom stereocenters. The largest absolute Gasteiger partial charge is 0.310 e. The summed E-state index contributed by atoms with van der Waals surface area (Å²) in [6.07, 6.45) is 0. The molecule has 1 aromatic heterocycles. The van der Waals surface area contributed by atoms with Gasteiger partial charge in [0.1, 0.15) is 0 Å². The first-order valence-electron chi connectivity index (χ1n) is 21.2. The highest BCUT2D eigenvalue weighted by Gasteiger charge is 2.51. The maximum absolute atomic E-state index is 2.52. The Morgan fingerprint density at radius 2 is 0.967 bits per heavy atom. The lowest BCUT2D eigenvalue weighted by atomic mass is 9.65. The Hall–Kier alpha value is -7.94. The maximum Gasteiger partial charge on any atom is 0.0755 e. The number of anilines is 3. The molecule has 13 rings (SSSR count). The van der Waals surface area contributed by atoms with Gasteiger partial charge in [-0.05, 0) is 109 Å². The average Bonchev–Trinajstić information content (AvgIpc) is 3.82. The van der Waals surface area contributed by atoms with E-state index < -0.39 is 5.41 Å². The molecule has 2 nitrogen and oxygen atoms in total. The highest BCUT2D eigenvalue weighted by molar-refractivity contribution is 6.13. The van der Waals surface area contributed by atoms with Crippen LogP contribution in [-0.4, -0.2) is 4.57 Å². The van der Waals surface area contributed by atoms with E-state index in [-0.39, 0.29) is 0 Å². The summed E-state index contributed by atoms with van der Waals surface area (Å²) in [5.74, 6) is 0. The van der Waals surface area contributed by atoms with Crippen molar-refractivity contribution in [2.24, 2.45) is 0 Å². The van der Waals surface area contributed by atoms with Gasteiger partial charge in [-0.1, -0.05) is 182 Å². The normalized spacial score (nSPS) is 14.6. The van der Waals surface area contributed by atoms with Gasteiger partial charge >= 0.3 is 0 Å². The Bertz CT molecular complexity index is 3560. The second-order valence-electron chi connectivity index (χ2n) is 16.4. The second kappa shape index (κ2) is 13.0. The molecule has 10 aromatic carbocycles. The maximum atomic E-state index is 2.52. The van der Waals surface area contributed by atoms with Crippen LogP contribution in [0.4, 0.5) is 17.1 Å². The molecule has 0 radical (unpaired) electrons. The number of fused-ring (bicyclic) bond motifs is 13. The van der Waals surface area contributed by atoms with Crippen LogP contribution in [-0.2, 0) is 5.41 Å². The van der Waals surface area contributed by atoms with Crippen LogP contribution in [0.5, 0.6) is 0 Å². The summed E-state index contributed by atoms with van der Waals surface area (Å²) in [6.45, 7) is 0. The first-order valence-corrected chi connectivity index (χ1v) is 21.2. The molecule has 1 spiro atoms. The number of nitrogens with zero attached hydrogens (tertiary/aromatic N) is 2. The monoisotopic (exact) mass is 774 g/mol. The fraction of sp³-hybridized carbons (Fsp3) is 0.0169. The minimum atomic E-state index is -0.555. The predicted molar refractivity (Wildman–Crippen MR) is 255 cm³/mol. The molecule has 0 saturated heterocycles. The van der Waals surface area contributed by atoms with Crippen LogP contribution in [0, 0.1) is 0 Å². The van der Waals surface area contributed by atoms with Crippen molar-refractivity contribution in [1.82, 2.24) is 4.57 Å². The highest BCUT2D eigenvalue weighted by atomic mass is 15.1. The topological polar surface area (TPSA) is 8.17 Å². The van der Waals surface area contributed by atoms with Gasteiger partial charge in [0.25, 0.3) is 0 Å². The summed E-state index contributed by atoms with van der Waals surface area (Å²) in [7, 11) is 0. The number of aromatic nitrogens is 1. The van der Waals surface area contributed by atoms with Gasteiger partial charge in [-0.3, -0.25) is 0 Å². The lowest BCUT2D eigenvalue weighted by Gasteiger charge is -2.40. The van der Waals surface area contributed by atoms with E-state index in [4.69, 9.17) is 0 Å². The predicted octanol–water partition coefficient (Wildman–Crippen LogP) is 15.4. The molecule has 284 valence electrons. The molecule has 1 unspecified atom stereocenters. The van der Waals surface area contributed by atoms with Gasteiger partial charge < -0.3 is 9.47 Å². The number of para-hydroxylation sites is 4. The van der Waals surface area contributed by atoms with E-state index in [1.54, 1.807) is 0 Å². The molecule has 2 heteroatoms. The van der Waals surface area contributed by atoms with Crippen LogP contribution in [0.25, 0.3) is 71.6 Å². The van der Waals surface area contributed by atoms with Gasteiger partial charge in [-0.25, -0.2) is 0 Å². The third kappa shape index (κ3) is 4.79. The van der Waals surface area contributed by atoms with Crippen molar-refractivity contribution in [1.29, 1.82) is 0 Å². The number of hydrogen-bond acceptors (Lipinski definition) is 1. The van der Waals surface area contributed by atoms with Crippen molar-refractivity contribution in [3.8, 4) is 39.1 Å². The highest BCUT2D eigenvalue weighted by Crippen LogP contribution is 2.62. The number of hydrogen-bond donors (Lipinski definition) is 0. The quantitative estimate of drug-likeness (QED) is 0.169. The molecule has 0 bridgehead atoms. The van der Waals surface area contributed by atoms with Gasteiger partial charge in [-0.2, -0.15) is 0 Å². The van der Waals surface area contributed by atoms with Gasteiger partial charge in [0.15, 0.2) is 0 Å². The Morgan fingerprint density at radius 3 is 1.89 bits per heavy atom. The second-order valence-corrected chi connectivity index (χ2v) is 16.4. The van der Waals surface area contributed by atoms with Crippen LogP contribution in [0.3, 0.4) is 0 Å². The SMILES string of the molecule is c1ccc(-c2cccc(-c3ccccc3N(c3ccc4c(c3)C3(c5ccccc5-4)c4ccccc4-n4c5ccccc5c5cccc3c54)c3ccc4ccccc4c3)c2)cc1. The van der Waals surface area contributed by atoms with E-state index in [9.17, 15) is 0 Å². The average molecular weight is 775 g/mol. The van der Waals surface area contributed by atoms with Crippen molar-refractivity contribution >= 4 is 49.6 Å². The number of benzene rings is 10. The van der Waals surface area contributed by atoms with Gasteiger partial charge in [0.05, 0.1) is 27.8 Å². The zero-order valence-electron chi connectivity index (χ0n) is 33.3. The lowest BCUT2D eigenvalue weighted by molar-refractivity contribution is 0.748. The molecule has 0 fully saturated rings. The summed E-state index contributed by atoms with van der Waals surface area (Å²) in [5, 5.41) is 5.00. The third-order valence-corrected chi connectivity index (χ3v) is 13.4. The molecular formula is C59H38N2. The van der Waals surface area contributed by atoms with E-state index >= 15 is 0 Å². The van der Waals surface area contributed by atoms with Crippen LogP contribution in [0.15, 0.2) is 231 Å². The van der Waals surface area contributed by atoms with Crippen LogP contribution in [0.1, 0.15) is 22.3 Å². The first-order chi connectivity index (χ1) is 30.3. The standard InChI is InChI=1S/C59H38N2/c1-2-16-39(17-3-1)41-20-14-21-43(36-41)46-22-7-11-29-55(46)60(44-33-32-40-18-4-5-19-42(40)37-44)45-34-35-48-47-23-6-9-26-51(47)59(54(48)38-45)52-27-10-13-31-57(52)61-56-30-12-8-24-49(56)50-25-15-28-53(59)58(50)61/h1-38H. The minimum absolute atomic E-state index is 0.555. The van der Waals surface area contributed by atoms with Gasteiger partial charge in [0.2, 0.25) is 0 Å². The smallest absolute Gasteiger partial charge is 0.0755 e. The molecule has 2 aliphatic rings. The molecular weight excluding hydrogens is 737 g/mol. The molecule has 11 aromatic rings. The van der Waals surface area contributed by atoms with Crippen molar-refractivity contribution in [3.63, 3.8) is 0 Å². The lowest BCUT2D eigenvalue weighted by Crippen LogP contribution is -2.33. The molecule has 0 saturated carbocycles. The van der Waals surface area contributed by atoms with E-state index in [1.807, 2.05) is 0 Å². The molecule has 0 N–H and O–H groups in total. The Morgan fingerprint density at radius 1 is 0.344 bits per heavy atom. The zero-order valence-corrected chi connectivity index (χ0v) is 33.3. The van der Waals surface area contributed by atoms with E-state index in [0.717, 1.165) is 17.1 Å². The van der Waals surface area contributed by atoms with Crippen LogP contribution < -0.4 is 4.90 Å². The molecule has 61 heavy (non-hydrogen) atoms. The summed E-state index contributed by atoms with van der Waals surface area (Å²) in [5.41, 5.74) is 19.1. The van der Waals surface area contributed by atoms with Gasteiger partial charge in [-0.15, -0.1) is 0 Å². The van der Waals surface area contributed by atoms with Crippen LogP contribution in [0.2, 0.25) is 0 Å². The fourth-order valence-electron chi connectivity index (χ4n) is 10.8. The van der Waals surface area contributed by atoms with Crippen molar-refractivity contribution in [3.05, 3.63) is 253 Å². The third-order valence-electron chi connectivity index (χ3n) is 13.4. The molecule has 1 aliphatic carbocycles. The van der Waals surface area contributed by atoms with Gasteiger partial charge in [0, 0.05) is 27.7 Å². The Balaban J connectivity index is 1.10. The Kier molecular flexibility index (Phi) is 7.26. The molecule has 2 heterocycles. The number of rotatable bonds is 5. The molecule has 1 aliphatic heterocycles. The van der Waals surface area contributed by atoms with E-state index in [2.05, 4.69) is 240 Å². The van der Waals surface area contributed by atoms with Crippen molar-refractivity contribution in [2.75, 3.05) is 4.90 Å². The summed E-state index contributed by atoms with van der Waals surface area (Å²) in [6, 6.07) is 85.5. The van der Waals surface area contributed by atoms with Crippen LogP contribution >= 0.6 is 0 Å². The zero-order chi connectivity index (χ0) is 40.1. The summed E-state index contributed by atoms with van der Waals surface area (Å²) in [4.78, 5) is 2.49. The minimum Gasteiger partial charge on any atom is -0.310 e. The first kappa shape index (κ1) is 34.0. The van der Waals surface area contributed by atoms with E-state index in [0.29, 0.717) is 0 Å². The molecule has 0 amide bonds. The fourth-order valence-corrected chi connectivity index (χ4v) is 10.8. The van der Waals surface area contributed by atoms with Crippen molar-refractivity contribution < 1.29 is 0 Å². The van der Waals surface area contributed by atoms with Crippen molar-refractivity contribution in [2.45, 2.75) is 5.41 Å². The summed E-state index contributed by atoms with van der Waals surface area (Å²) < 4.78 is 2.52. The van der Waals surface area contributed by atoms with E-state index in [1.165, 1.54) is 93.9 Å².